The molecule has 0 saturated carbocycles. The summed E-state index contributed by atoms with van der Waals surface area (Å²) >= 11 is 0. The smallest absolute Gasteiger partial charge is 0.0905 e. The summed E-state index contributed by atoms with van der Waals surface area (Å²) in [5.41, 5.74) is 0. The molecule has 0 heterocycles. The van der Waals surface area contributed by atoms with Gasteiger partial charge in [-0.25, -0.2) is 0 Å². The molecule has 0 spiro atoms. The van der Waals surface area contributed by atoms with E-state index in [0.29, 0.717) is 0 Å². The maximum Gasteiger partial charge on any atom is 0.0905 e. The van der Waals surface area contributed by atoms with Gasteiger partial charge in [0, 0.05) is 0 Å². The van der Waals surface area contributed by atoms with Gasteiger partial charge in [-0.05, 0) is 0 Å². The summed E-state index contributed by atoms with van der Waals surface area (Å²) in [5, 5.41) is 2.51. The minimum atomic E-state index is 2.51. The molecule has 0 rings (SSSR count). The van der Waals surface area contributed by atoms with Gasteiger partial charge in [-0.3, -0.25) is 0 Å². The Hall–Kier alpha value is -0.570. The van der Waals surface area contributed by atoms with Crippen molar-refractivity contribution < 1.29 is 4.94 Å². The van der Waals surface area contributed by atoms with Gasteiger partial charge in [0.2, 0.25) is 0 Å². The summed E-state index contributed by atoms with van der Waals surface area (Å²) in [4.78, 5) is 3.44. The molecule has 3 nitrogen and oxygen atoms in total. The van der Waals surface area contributed by atoms with Gasteiger partial charge in [-0.2, -0.15) is 0 Å². The van der Waals surface area contributed by atoms with E-state index in [-0.39, 0.29) is 0 Å². The van der Waals surface area contributed by atoms with Crippen LogP contribution in [0.4, 0.5) is 0 Å². The zero-order chi connectivity index (χ0) is 3.41. The fraction of sp³-hybridized carbons (Fsp3) is 0. The molecule has 0 aliphatic rings. The lowest BCUT2D eigenvalue weighted by atomic mass is 11.8. The SMILES string of the molecule is [CH]=NON. The summed E-state index contributed by atoms with van der Waals surface area (Å²) in [6.07, 6.45) is 0. The second-order valence-electron chi connectivity index (χ2n) is 0.211. The van der Waals surface area contributed by atoms with E-state index < -0.39 is 0 Å². The van der Waals surface area contributed by atoms with Gasteiger partial charge in [0.1, 0.15) is 0 Å². The predicted octanol–water partition coefficient (Wildman–Crippen LogP) is -0.631. The summed E-state index contributed by atoms with van der Waals surface area (Å²) < 4.78 is 0. The molecule has 23 valence electrons. The minimum Gasteiger partial charge on any atom is -0.303 e. The van der Waals surface area contributed by atoms with E-state index >= 15 is 0 Å². The summed E-state index contributed by atoms with van der Waals surface area (Å²) in [6.45, 7) is 4.31. The fourth-order valence-corrected chi connectivity index (χ4v) is 0. The van der Waals surface area contributed by atoms with Crippen molar-refractivity contribution in [2.24, 2.45) is 11.1 Å². The monoisotopic (exact) mass is 59.0 g/mol. The highest BCUT2D eigenvalue weighted by atomic mass is 16.7. The normalized spacial score (nSPS) is 5.25. The third kappa shape index (κ3) is 1.43. The molecule has 1 radical (unpaired) electrons. The zero-order valence-electron chi connectivity index (χ0n) is 2.01. The van der Waals surface area contributed by atoms with Crippen molar-refractivity contribution in [3.05, 3.63) is 0 Å². The van der Waals surface area contributed by atoms with E-state index in [4.69, 9.17) is 0 Å². The molecule has 0 aromatic heterocycles. The Morgan fingerprint density at radius 3 is 2.25 bits per heavy atom. The largest absolute Gasteiger partial charge is 0.303 e. The van der Waals surface area contributed by atoms with E-state index in [2.05, 4.69) is 22.7 Å². The van der Waals surface area contributed by atoms with Crippen molar-refractivity contribution in [1.29, 1.82) is 0 Å². The fourth-order valence-electron chi connectivity index (χ4n) is 0. The highest BCUT2D eigenvalue weighted by molar-refractivity contribution is 5.21. The predicted molar refractivity (Wildman–Crippen MR) is 13.8 cm³/mol. The molecular weight excluding hydrogens is 56.0 g/mol. The second-order valence-corrected chi connectivity index (χ2v) is 0.211. The van der Waals surface area contributed by atoms with Crippen LogP contribution in [0.15, 0.2) is 5.16 Å². The van der Waals surface area contributed by atoms with Gasteiger partial charge in [0.25, 0.3) is 0 Å². The van der Waals surface area contributed by atoms with Gasteiger partial charge in [0.05, 0.1) is 6.72 Å². The Balaban J connectivity index is 2.30. The van der Waals surface area contributed by atoms with Crippen molar-refractivity contribution in [1.82, 2.24) is 0 Å². The van der Waals surface area contributed by atoms with E-state index in [9.17, 15) is 0 Å². The second kappa shape index (κ2) is 2.43. The molecule has 2 N–H and O–H groups in total. The first-order valence-electron chi connectivity index (χ1n) is 0.676. The molecule has 0 bridgehead atoms. The minimum absolute atomic E-state index is 2.51. The molecule has 0 fully saturated rings. The van der Waals surface area contributed by atoms with E-state index in [1.165, 1.54) is 0 Å². The lowest BCUT2D eigenvalue weighted by Crippen LogP contribution is -1.85. The third-order valence-corrected chi connectivity index (χ3v) is 0.0609. The lowest BCUT2D eigenvalue weighted by molar-refractivity contribution is 0.152. The Morgan fingerprint density at radius 2 is 2.25 bits per heavy atom. The zero-order valence-corrected chi connectivity index (χ0v) is 2.01. The molecule has 0 atom stereocenters. The summed E-state index contributed by atoms with van der Waals surface area (Å²) in [6, 6.07) is 0. The van der Waals surface area contributed by atoms with Crippen LogP contribution in [0.5, 0.6) is 0 Å². The number of rotatable bonds is 1. The standard InChI is InChI=1S/CH3N2O/c1-3-4-2/h1H,2H2. The first-order chi connectivity index (χ1) is 1.91. The maximum absolute atomic E-state index is 4.31. The van der Waals surface area contributed by atoms with Crippen molar-refractivity contribution >= 4 is 6.72 Å². The van der Waals surface area contributed by atoms with Crippen molar-refractivity contribution in [2.45, 2.75) is 0 Å². The van der Waals surface area contributed by atoms with Crippen LogP contribution < -0.4 is 5.90 Å². The van der Waals surface area contributed by atoms with E-state index in [0.717, 1.165) is 0 Å². The van der Waals surface area contributed by atoms with Crippen LogP contribution in [-0.2, 0) is 4.94 Å². The molecule has 0 unspecified atom stereocenters. The molecule has 0 amide bonds. The summed E-state index contributed by atoms with van der Waals surface area (Å²) in [5.74, 6) is 4.24. The highest BCUT2D eigenvalue weighted by Crippen LogP contribution is 1.41. The van der Waals surface area contributed by atoms with Crippen LogP contribution in [-0.4, -0.2) is 6.72 Å². The van der Waals surface area contributed by atoms with Crippen LogP contribution >= 0.6 is 0 Å². The number of hydrogen-bond donors (Lipinski definition) is 1. The first kappa shape index (κ1) is 3.43. The Bertz CT molecular complexity index is 20.0. The first-order valence-corrected chi connectivity index (χ1v) is 0.676. The topological polar surface area (TPSA) is 47.6 Å². The van der Waals surface area contributed by atoms with Crippen LogP contribution in [0.1, 0.15) is 0 Å². The van der Waals surface area contributed by atoms with E-state index in [1.54, 1.807) is 0 Å². The molecule has 3 heteroatoms. The summed E-state index contributed by atoms with van der Waals surface area (Å²) in [7, 11) is 0. The van der Waals surface area contributed by atoms with Crippen molar-refractivity contribution in [2.75, 3.05) is 0 Å². The molecule has 0 aliphatic heterocycles. The molecule has 0 aromatic rings. The van der Waals surface area contributed by atoms with Gasteiger partial charge in [-0.1, -0.05) is 5.16 Å². The average Bonchev–Trinajstić information content (AvgIpc) is 1.37. The maximum atomic E-state index is 4.31. The van der Waals surface area contributed by atoms with Gasteiger partial charge in [-0.15, -0.1) is 5.90 Å². The molecule has 0 aliphatic carbocycles. The Morgan fingerprint density at radius 1 is 2.00 bits per heavy atom. The average molecular weight is 59.0 g/mol. The molecule has 0 saturated heterocycles. The number of nitrogens with zero attached hydrogens (tertiary/aromatic N) is 1. The third-order valence-electron chi connectivity index (χ3n) is 0.0609. The van der Waals surface area contributed by atoms with Crippen molar-refractivity contribution in [3.63, 3.8) is 0 Å². The molecular formula is CH3N2O. The van der Waals surface area contributed by atoms with Crippen molar-refractivity contribution in [3.8, 4) is 0 Å². The number of hydrogen-bond acceptors (Lipinski definition) is 3. The lowest BCUT2D eigenvalue weighted by Gasteiger charge is -1.69. The molecule has 0 aromatic carbocycles. The van der Waals surface area contributed by atoms with Crippen LogP contribution in [0.25, 0.3) is 0 Å². The van der Waals surface area contributed by atoms with Crippen LogP contribution in [0.3, 0.4) is 0 Å². The van der Waals surface area contributed by atoms with Crippen LogP contribution in [0, 0.1) is 0 Å². The number of nitrogens with two attached hydrogens (primary N) is 1. The Kier molecular flexibility index (Phi) is 2.08. The van der Waals surface area contributed by atoms with Gasteiger partial charge >= 0.3 is 0 Å². The van der Waals surface area contributed by atoms with Gasteiger partial charge in [0.15, 0.2) is 0 Å². The van der Waals surface area contributed by atoms with E-state index in [1.807, 2.05) is 0 Å². The quantitative estimate of drug-likeness (QED) is 0.323. The Labute approximate surface area is 24.0 Å². The van der Waals surface area contributed by atoms with Gasteiger partial charge < -0.3 is 4.94 Å². The van der Waals surface area contributed by atoms with Crippen LogP contribution in [0.2, 0.25) is 0 Å². The highest BCUT2D eigenvalue weighted by Gasteiger charge is 1.35. The molecule has 4 heavy (non-hydrogen) atoms.